The first-order valence-corrected chi connectivity index (χ1v) is 8.53. The summed E-state index contributed by atoms with van der Waals surface area (Å²) in [5.41, 5.74) is 5.36. The number of halogens is 2. The highest BCUT2D eigenvalue weighted by atomic mass is 79.9. The number of sulfonamides is 1. The van der Waals surface area contributed by atoms with Crippen LogP contribution in [0.2, 0.25) is 0 Å². The largest absolute Gasteiger partial charge is 0.378 e. The van der Waals surface area contributed by atoms with Crippen LogP contribution in [-0.2, 0) is 10.0 Å². The fraction of sp³-hybridized carbons (Fsp3) is 0.167. The van der Waals surface area contributed by atoms with Crippen molar-refractivity contribution in [2.75, 3.05) is 6.26 Å². The van der Waals surface area contributed by atoms with E-state index in [2.05, 4.69) is 36.3 Å². The summed E-state index contributed by atoms with van der Waals surface area (Å²) < 4.78 is 28.1. The topological polar surface area (TPSA) is 72.5 Å². The van der Waals surface area contributed by atoms with Gasteiger partial charge in [0.05, 0.1) is 7.57 Å². The van der Waals surface area contributed by atoms with Gasteiger partial charge in [0.1, 0.15) is 4.90 Å². The first-order chi connectivity index (χ1) is 6.86. The first kappa shape index (κ1) is 13.5. The molecule has 0 saturated heterocycles. The van der Waals surface area contributed by atoms with Crippen molar-refractivity contribution in [3.8, 4) is 0 Å². The van der Waals surface area contributed by atoms with Crippen molar-refractivity contribution in [3.63, 3.8) is 0 Å². The Kier molecular flexibility index (Phi) is 4.65. The lowest BCUT2D eigenvalue weighted by Gasteiger charge is -1.97. The fourth-order valence-corrected chi connectivity index (χ4v) is 5.90. The summed E-state index contributed by atoms with van der Waals surface area (Å²) in [5.74, 6) is 0. The van der Waals surface area contributed by atoms with Gasteiger partial charge in [-0.15, -0.1) is 15.7 Å². The number of hydrogen-bond donors (Lipinski definition) is 1. The van der Waals surface area contributed by atoms with Crippen molar-refractivity contribution in [2.45, 2.75) is 4.90 Å². The van der Waals surface area contributed by atoms with Gasteiger partial charge in [0, 0.05) is 0 Å². The van der Waals surface area contributed by atoms with E-state index in [4.69, 9.17) is 5.73 Å². The average molecular weight is 394 g/mol. The number of thiophene rings is 1. The molecule has 1 aromatic rings. The van der Waals surface area contributed by atoms with E-state index in [1.165, 1.54) is 17.4 Å². The minimum atomic E-state index is -3.71. The lowest BCUT2D eigenvalue weighted by molar-refractivity contribution is 0.598. The number of hydrogen-bond acceptors (Lipinski definition) is 4. The minimum absolute atomic E-state index is 0.0178. The molecule has 1 heterocycles. The van der Waals surface area contributed by atoms with Gasteiger partial charge in [-0.3, -0.25) is 0 Å². The van der Waals surface area contributed by atoms with Gasteiger partial charge in [0.15, 0.2) is 5.17 Å². The molecule has 0 aliphatic heterocycles. The molecular weight excluding hydrogens is 388 g/mol. The lowest BCUT2D eigenvalue weighted by Crippen LogP contribution is -2.09. The Labute approximate surface area is 113 Å². The zero-order valence-corrected chi connectivity index (χ0v) is 13.0. The molecule has 0 saturated carbocycles. The van der Waals surface area contributed by atoms with Gasteiger partial charge < -0.3 is 5.73 Å². The van der Waals surface area contributed by atoms with Crippen LogP contribution in [0.3, 0.4) is 0 Å². The number of nitrogens with two attached hydrogens (primary N) is 1. The predicted octanol–water partition coefficient (Wildman–Crippen LogP) is 2.64. The van der Waals surface area contributed by atoms with Crippen molar-refractivity contribution in [2.24, 2.45) is 10.1 Å². The second-order valence-electron chi connectivity index (χ2n) is 2.30. The molecule has 0 unspecified atom stereocenters. The van der Waals surface area contributed by atoms with E-state index in [0.717, 1.165) is 11.8 Å². The molecule has 0 atom stereocenters. The van der Waals surface area contributed by atoms with E-state index in [1.807, 2.05) is 0 Å². The van der Waals surface area contributed by atoms with Crippen LogP contribution in [0.4, 0.5) is 0 Å². The molecule has 0 aliphatic carbocycles. The quantitative estimate of drug-likeness (QED) is 0.619. The Morgan fingerprint density at radius 3 is 2.60 bits per heavy atom. The molecule has 4 nitrogen and oxygen atoms in total. The second-order valence-corrected chi connectivity index (χ2v) is 8.45. The number of amidine groups is 1. The highest BCUT2D eigenvalue weighted by molar-refractivity contribution is 9.12. The zero-order chi connectivity index (χ0) is 11.6. The normalized spacial score (nSPS) is 13.1. The molecule has 9 heteroatoms. The minimum Gasteiger partial charge on any atom is -0.378 e. The van der Waals surface area contributed by atoms with E-state index in [-0.39, 0.29) is 10.1 Å². The van der Waals surface area contributed by atoms with Gasteiger partial charge >= 0.3 is 0 Å². The smallest absolute Gasteiger partial charge is 0.286 e. The maximum Gasteiger partial charge on any atom is 0.286 e. The van der Waals surface area contributed by atoms with Crippen molar-refractivity contribution in [1.29, 1.82) is 0 Å². The summed E-state index contributed by atoms with van der Waals surface area (Å²) in [5, 5.41) is 0.0178. The standard InChI is InChI=1S/C6H6Br2N2O2S3/c1-13-6(9)10-15(11,12)3-2-4(7)14-5(3)8/h2H,1H3,(H2,9,10). The van der Waals surface area contributed by atoms with Crippen LogP contribution in [0, 0.1) is 0 Å². The summed E-state index contributed by atoms with van der Waals surface area (Å²) in [7, 11) is -3.71. The first-order valence-electron chi connectivity index (χ1n) is 3.46. The monoisotopic (exact) mass is 392 g/mol. The van der Waals surface area contributed by atoms with Crippen molar-refractivity contribution in [1.82, 2.24) is 0 Å². The summed E-state index contributed by atoms with van der Waals surface area (Å²) >= 11 is 8.71. The van der Waals surface area contributed by atoms with Gasteiger partial charge in [0.2, 0.25) is 0 Å². The maximum atomic E-state index is 11.7. The van der Waals surface area contributed by atoms with E-state index < -0.39 is 10.0 Å². The Hall–Kier alpha value is 0.430. The third-order valence-electron chi connectivity index (χ3n) is 1.32. The number of nitrogens with zero attached hydrogens (tertiary/aromatic N) is 1. The zero-order valence-electron chi connectivity index (χ0n) is 7.40. The number of thioether (sulfide) groups is 1. The van der Waals surface area contributed by atoms with Crippen LogP contribution < -0.4 is 5.73 Å². The Bertz CT molecular complexity index is 494. The molecule has 15 heavy (non-hydrogen) atoms. The summed E-state index contributed by atoms with van der Waals surface area (Å²) in [6.45, 7) is 0. The van der Waals surface area contributed by atoms with Crippen LogP contribution in [0.25, 0.3) is 0 Å². The molecular formula is C6H6Br2N2O2S3. The van der Waals surface area contributed by atoms with Crippen LogP contribution in [-0.4, -0.2) is 19.8 Å². The molecule has 1 aromatic heterocycles. The van der Waals surface area contributed by atoms with Crippen molar-refractivity contribution < 1.29 is 8.42 Å². The van der Waals surface area contributed by atoms with E-state index in [1.54, 1.807) is 6.26 Å². The molecule has 0 aliphatic rings. The summed E-state index contributed by atoms with van der Waals surface area (Å²) in [6.07, 6.45) is 1.66. The van der Waals surface area contributed by atoms with E-state index in [9.17, 15) is 8.42 Å². The van der Waals surface area contributed by atoms with Crippen molar-refractivity contribution in [3.05, 3.63) is 13.6 Å². The SMILES string of the molecule is CS/C(N)=N\S(=O)(=O)c1cc(Br)sc1Br. The highest BCUT2D eigenvalue weighted by Gasteiger charge is 2.20. The fourth-order valence-electron chi connectivity index (χ4n) is 0.706. The van der Waals surface area contributed by atoms with Crippen LogP contribution in [0.15, 0.2) is 22.9 Å². The maximum absolute atomic E-state index is 11.7. The summed E-state index contributed by atoms with van der Waals surface area (Å²) in [6, 6.07) is 1.49. The van der Waals surface area contributed by atoms with Crippen LogP contribution in [0.1, 0.15) is 0 Å². The van der Waals surface area contributed by atoms with Gasteiger partial charge in [-0.25, -0.2) is 0 Å². The molecule has 1 rings (SSSR count). The van der Waals surface area contributed by atoms with E-state index >= 15 is 0 Å². The molecule has 0 bridgehead atoms. The molecule has 0 radical (unpaired) electrons. The van der Waals surface area contributed by atoms with Gasteiger partial charge in [-0.2, -0.15) is 8.42 Å². The Morgan fingerprint density at radius 1 is 1.60 bits per heavy atom. The Morgan fingerprint density at radius 2 is 2.20 bits per heavy atom. The van der Waals surface area contributed by atoms with Gasteiger partial charge in [-0.05, 0) is 44.2 Å². The molecule has 0 aromatic carbocycles. The van der Waals surface area contributed by atoms with Crippen LogP contribution >= 0.6 is 55.0 Å². The molecule has 0 amide bonds. The lowest BCUT2D eigenvalue weighted by atomic mass is 10.7. The third kappa shape index (κ3) is 3.45. The molecule has 0 spiro atoms. The van der Waals surface area contributed by atoms with Crippen molar-refractivity contribution >= 4 is 70.1 Å². The number of rotatable bonds is 2. The third-order valence-corrected chi connectivity index (χ3v) is 5.99. The Balaban J connectivity index is 3.24. The summed E-state index contributed by atoms with van der Waals surface area (Å²) in [4.78, 5) is 0.122. The van der Waals surface area contributed by atoms with Gasteiger partial charge in [0.25, 0.3) is 10.0 Å². The molecule has 0 fully saturated rings. The predicted molar refractivity (Wildman–Crippen MR) is 72.0 cm³/mol. The van der Waals surface area contributed by atoms with Crippen LogP contribution in [0.5, 0.6) is 0 Å². The van der Waals surface area contributed by atoms with Gasteiger partial charge in [-0.1, -0.05) is 11.8 Å². The molecule has 2 N–H and O–H groups in total. The second kappa shape index (κ2) is 5.17. The molecule has 84 valence electrons. The highest BCUT2D eigenvalue weighted by Crippen LogP contribution is 2.35. The van der Waals surface area contributed by atoms with E-state index in [0.29, 0.717) is 7.57 Å². The average Bonchev–Trinajstić information content (AvgIpc) is 2.45.